The number of benzene rings is 3. The maximum absolute atomic E-state index is 13.6. The SMILES string of the molecule is O=C(O)c1ccc(-c2noc(-c3cc(F)c(O)c(F)c3)n2)cc1NCc1ccc(F)cc1. The van der Waals surface area contributed by atoms with Gasteiger partial charge >= 0.3 is 5.97 Å². The van der Waals surface area contributed by atoms with E-state index in [0.717, 1.165) is 17.7 Å². The fourth-order valence-electron chi connectivity index (χ4n) is 2.96. The van der Waals surface area contributed by atoms with E-state index in [1.165, 1.54) is 30.3 Å². The number of aromatic nitrogens is 2. The molecule has 3 aromatic carbocycles. The molecule has 0 amide bonds. The van der Waals surface area contributed by atoms with Crippen LogP contribution in [0.1, 0.15) is 15.9 Å². The van der Waals surface area contributed by atoms with Crippen molar-refractivity contribution in [1.82, 2.24) is 10.1 Å². The van der Waals surface area contributed by atoms with Gasteiger partial charge in [-0.3, -0.25) is 0 Å². The van der Waals surface area contributed by atoms with E-state index in [1.54, 1.807) is 12.1 Å². The highest BCUT2D eigenvalue weighted by atomic mass is 19.1. The summed E-state index contributed by atoms with van der Waals surface area (Å²) in [7, 11) is 0. The van der Waals surface area contributed by atoms with Gasteiger partial charge in [0.1, 0.15) is 5.82 Å². The molecule has 3 N–H and O–H groups in total. The van der Waals surface area contributed by atoms with E-state index in [4.69, 9.17) is 4.52 Å². The molecule has 0 atom stereocenters. The second kappa shape index (κ2) is 8.42. The average molecular weight is 441 g/mol. The molecule has 4 rings (SSSR count). The molecule has 0 fully saturated rings. The van der Waals surface area contributed by atoms with Crippen molar-refractivity contribution >= 4 is 11.7 Å². The molecule has 10 heteroatoms. The predicted molar refractivity (Wildman–Crippen MR) is 107 cm³/mol. The van der Waals surface area contributed by atoms with Gasteiger partial charge < -0.3 is 20.1 Å². The first-order chi connectivity index (χ1) is 15.3. The Morgan fingerprint density at radius 1 is 0.969 bits per heavy atom. The van der Waals surface area contributed by atoms with Crippen LogP contribution in [-0.4, -0.2) is 26.3 Å². The molecule has 0 spiro atoms. The quantitative estimate of drug-likeness (QED) is 0.393. The van der Waals surface area contributed by atoms with Gasteiger partial charge in [0, 0.05) is 23.4 Å². The summed E-state index contributed by atoms with van der Waals surface area (Å²) < 4.78 is 45.4. The minimum absolute atomic E-state index is 0.0118. The Balaban J connectivity index is 1.64. The summed E-state index contributed by atoms with van der Waals surface area (Å²) in [6.45, 7) is 0.230. The standard InChI is InChI=1S/C22H14F3N3O4/c23-14-4-1-11(2-5-14)10-26-18-9-12(3-6-15(18)22(30)31)20-27-21(32-28-20)13-7-16(24)19(29)17(25)8-13/h1-9,26,29H,10H2,(H,30,31). The van der Waals surface area contributed by atoms with Crippen LogP contribution in [0.15, 0.2) is 59.1 Å². The zero-order valence-electron chi connectivity index (χ0n) is 16.1. The molecule has 0 saturated heterocycles. The highest BCUT2D eigenvalue weighted by Gasteiger charge is 2.18. The Hall–Kier alpha value is -4.34. The highest BCUT2D eigenvalue weighted by molar-refractivity contribution is 5.95. The van der Waals surface area contributed by atoms with E-state index in [9.17, 15) is 28.2 Å². The number of phenolic OH excluding ortho intramolecular Hbond substituents is 1. The lowest BCUT2D eigenvalue weighted by atomic mass is 10.1. The van der Waals surface area contributed by atoms with E-state index in [2.05, 4.69) is 15.5 Å². The average Bonchev–Trinajstić information content (AvgIpc) is 3.27. The first-order valence-corrected chi connectivity index (χ1v) is 9.20. The summed E-state index contributed by atoms with van der Waals surface area (Å²) >= 11 is 0. The Morgan fingerprint density at radius 2 is 1.66 bits per heavy atom. The van der Waals surface area contributed by atoms with Crippen LogP contribution in [0.2, 0.25) is 0 Å². The van der Waals surface area contributed by atoms with Gasteiger partial charge in [0.05, 0.1) is 5.56 Å². The molecule has 0 unspecified atom stereocenters. The van der Waals surface area contributed by atoms with Crippen LogP contribution in [0.5, 0.6) is 5.75 Å². The number of carbonyl (C=O) groups is 1. The molecule has 32 heavy (non-hydrogen) atoms. The number of nitrogens with one attached hydrogen (secondary N) is 1. The normalized spacial score (nSPS) is 10.8. The lowest BCUT2D eigenvalue weighted by molar-refractivity contribution is 0.0698. The maximum atomic E-state index is 13.6. The van der Waals surface area contributed by atoms with Crippen LogP contribution < -0.4 is 5.32 Å². The van der Waals surface area contributed by atoms with Crippen LogP contribution in [0.25, 0.3) is 22.8 Å². The van der Waals surface area contributed by atoms with Crippen molar-refractivity contribution in [1.29, 1.82) is 0 Å². The lowest BCUT2D eigenvalue weighted by Gasteiger charge is -2.11. The van der Waals surface area contributed by atoms with Gasteiger partial charge in [-0.15, -0.1) is 0 Å². The summed E-state index contributed by atoms with van der Waals surface area (Å²) in [6.07, 6.45) is 0. The number of aromatic carboxylic acids is 1. The van der Waals surface area contributed by atoms with Gasteiger partial charge in [0.2, 0.25) is 5.82 Å². The van der Waals surface area contributed by atoms with Gasteiger partial charge in [-0.25, -0.2) is 18.0 Å². The van der Waals surface area contributed by atoms with Crippen molar-refractivity contribution in [2.24, 2.45) is 0 Å². The molecule has 0 radical (unpaired) electrons. The van der Waals surface area contributed by atoms with Crippen LogP contribution in [0.3, 0.4) is 0 Å². The molecule has 162 valence electrons. The monoisotopic (exact) mass is 441 g/mol. The fourth-order valence-corrected chi connectivity index (χ4v) is 2.96. The number of nitrogens with zero attached hydrogens (tertiary/aromatic N) is 2. The van der Waals surface area contributed by atoms with Crippen LogP contribution in [0, 0.1) is 17.5 Å². The number of carboxylic acids is 1. The van der Waals surface area contributed by atoms with Crippen LogP contribution in [0.4, 0.5) is 18.9 Å². The second-order valence-electron chi connectivity index (χ2n) is 6.76. The summed E-state index contributed by atoms with van der Waals surface area (Å²) in [6, 6.07) is 11.7. The van der Waals surface area contributed by atoms with Gasteiger partial charge in [-0.1, -0.05) is 23.4 Å². The zero-order chi connectivity index (χ0) is 22.8. The van der Waals surface area contributed by atoms with E-state index in [1.807, 2.05) is 0 Å². The molecule has 0 aliphatic carbocycles. The third-order valence-corrected chi connectivity index (χ3v) is 4.59. The molecule has 1 heterocycles. The van der Waals surface area contributed by atoms with Gasteiger partial charge in [-0.2, -0.15) is 4.98 Å². The Kier molecular flexibility index (Phi) is 5.50. The van der Waals surface area contributed by atoms with Crippen molar-refractivity contribution in [3.8, 4) is 28.6 Å². The maximum Gasteiger partial charge on any atom is 0.337 e. The minimum Gasteiger partial charge on any atom is -0.503 e. The molecule has 4 aromatic rings. The van der Waals surface area contributed by atoms with Crippen molar-refractivity contribution in [2.45, 2.75) is 6.54 Å². The molecule has 7 nitrogen and oxygen atoms in total. The largest absolute Gasteiger partial charge is 0.503 e. The lowest BCUT2D eigenvalue weighted by Crippen LogP contribution is -2.07. The van der Waals surface area contributed by atoms with E-state index in [0.29, 0.717) is 5.56 Å². The molecular weight excluding hydrogens is 427 g/mol. The third-order valence-electron chi connectivity index (χ3n) is 4.59. The number of halogens is 3. The van der Waals surface area contributed by atoms with E-state index < -0.39 is 23.4 Å². The van der Waals surface area contributed by atoms with Crippen LogP contribution in [-0.2, 0) is 6.54 Å². The molecule has 0 saturated carbocycles. The minimum atomic E-state index is -1.18. The predicted octanol–water partition coefficient (Wildman–Crippen LogP) is 4.84. The van der Waals surface area contributed by atoms with Gasteiger partial charge in [0.25, 0.3) is 5.89 Å². The van der Waals surface area contributed by atoms with Crippen molar-refractivity contribution in [2.75, 3.05) is 5.32 Å². The summed E-state index contributed by atoms with van der Waals surface area (Å²) in [4.78, 5) is 15.7. The number of aromatic hydroxyl groups is 1. The topological polar surface area (TPSA) is 108 Å². The third kappa shape index (κ3) is 4.24. The van der Waals surface area contributed by atoms with Crippen molar-refractivity contribution in [3.63, 3.8) is 0 Å². The number of hydrogen-bond donors (Lipinski definition) is 3. The highest BCUT2D eigenvalue weighted by Crippen LogP contribution is 2.30. The number of rotatable bonds is 6. The number of anilines is 1. The number of phenols is 1. The van der Waals surface area contributed by atoms with E-state index >= 15 is 0 Å². The molecular formula is C22H14F3N3O4. The Morgan fingerprint density at radius 3 is 2.31 bits per heavy atom. The molecule has 0 aliphatic rings. The Bertz CT molecular complexity index is 1280. The Labute approximate surface area is 178 Å². The number of carboxylic acid groups (broad SMARTS) is 1. The van der Waals surface area contributed by atoms with Crippen molar-refractivity contribution in [3.05, 3.63) is 83.2 Å². The van der Waals surface area contributed by atoms with Gasteiger partial charge in [-0.05, 0) is 42.0 Å². The first kappa shape index (κ1) is 20.9. The van der Waals surface area contributed by atoms with Crippen molar-refractivity contribution < 1.29 is 32.7 Å². The smallest absolute Gasteiger partial charge is 0.337 e. The molecule has 0 bridgehead atoms. The van der Waals surface area contributed by atoms with Gasteiger partial charge in [0.15, 0.2) is 17.4 Å². The molecule has 1 aromatic heterocycles. The zero-order valence-corrected chi connectivity index (χ0v) is 16.1. The molecule has 0 aliphatic heterocycles. The summed E-state index contributed by atoms with van der Waals surface area (Å²) in [5.41, 5.74) is 1.28. The van der Waals surface area contributed by atoms with Crippen LogP contribution >= 0.6 is 0 Å². The second-order valence-corrected chi connectivity index (χ2v) is 6.76. The fraction of sp³-hybridized carbons (Fsp3) is 0.0455. The summed E-state index contributed by atoms with van der Waals surface area (Å²) in [5.74, 6) is -5.17. The number of hydrogen-bond acceptors (Lipinski definition) is 6. The van der Waals surface area contributed by atoms with E-state index in [-0.39, 0.29) is 40.9 Å². The summed E-state index contributed by atoms with van der Waals surface area (Å²) in [5, 5.41) is 25.4. The first-order valence-electron chi connectivity index (χ1n) is 9.20.